The van der Waals surface area contributed by atoms with Gasteiger partial charge in [0.25, 0.3) is 0 Å². The van der Waals surface area contributed by atoms with Crippen molar-refractivity contribution in [3.8, 4) is 11.8 Å². The van der Waals surface area contributed by atoms with Crippen molar-refractivity contribution in [2.45, 2.75) is 65.2 Å². The number of allylic oxidation sites excluding steroid dienone is 2. The lowest BCUT2D eigenvalue weighted by Gasteiger charge is -2.36. The lowest BCUT2D eigenvalue weighted by atomic mass is 9.69. The van der Waals surface area contributed by atoms with Crippen molar-refractivity contribution in [3.63, 3.8) is 0 Å². The molecule has 0 bridgehead atoms. The van der Waals surface area contributed by atoms with Crippen LogP contribution in [0.1, 0.15) is 65.2 Å². The Hall–Kier alpha value is -0.700. The fraction of sp³-hybridized carbons (Fsp3) is 0.778. The first-order chi connectivity index (χ1) is 8.83. The molecule has 0 aromatic rings. The van der Waals surface area contributed by atoms with E-state index in [-0.39, 0.29) is 0 Å². The standard InChI is InChI=1S/C18H28/c1-3-5-15-7-11-17(12-8-15)18-13-9-16(6-4-2)10-14-18/h3,5,15-18H,7-14H2,1-2H3/b5-3+. The van der Waals surface area contributed by atoms with E-state index in [9.17, 15) is 0 Å². The van der Waals surface area contributed by atoms with Crippen molar-refractivity contribution in [3.05, 3.63) is 12.2 Å². The summed E-state index contributed by atoms with van der Waals surface area (Å²) in [5.41, 5.74) is 0. The van der Waals surface area contributed by atoms with Gasteiger partial charge in [-0.2, -0.15) is 0 Å². The Balaban J connectivity index is 1.75. The van der Waals surface area contributed by atoms with E-state index >= 15 is 0 Å². The highest BCUT2D eigenvalue weighted by Crippen LogP contribution is 2.41. The van der Waals surface area contributed by atoms with Crippen molar-refractivity contribution >= 4 is 0 Å². The van der Waals surface area contributed by atoms with Crippen molar-refractivity contribution < 1.29 is 0 Å². The quantitative estimate of drug-likeness (QED) is 0.463. The van der Waals surface area contributed by atoms with E-state index < -0.39 is 0 Å². The van der Waals surface area contributed by atoms with Crippen LogP contribution in [0.5, 0.6) is 0 Å². The van der Waals surface area contributed by atoms with E-state index in [1.165, 1.54) is 51.4 Å². The minimum atomic E-state index is 0.714. The maximum atomic E-state index is 3.37. The lowest BCUT2D eigenvalue weighted by Crippen LogP contribution is -2.25. The zero-order valence-electron chi connectivity index (χ0n) is 12.1. The van der Waals surface area contributed by atoms with Gasteiger partial charge >= 0.3 is 0 Å². The fourth-order valence-corrected chi connectivity index (χ4v) is 4.02. The van der Waals surface area contributed by atoms with E-state index in [0.717, 1.165) is 17.8 Å². The van der Waals surface area contributed by atoms with E-state index in [1.807, 2.05) is 6.92 Å². The molecule has 2 rings (SSSR count). The molecule has 0 nitrogen and oxygen atoms in total. The van der Waals surface area contributed by atoms with Crippen molar-refractivity contribution in [2.75, 3.05) is 0 Å². The van der Waals surface area contributed by atoms with E-state index in [1.54, 1.807) is 0 Å². The molecule has 0 radical (unpaired) electrons. The first-order valence-corrected chi connectivity index (χ1v) is 7.88. The Bertz CT molecular complexity index is 312. The molecule has 2 aliphatic carbocycles. The second-order valence-electron chi connectivity index (χ2n) is 6.21. The molecular formula is C18H28. The van der Waals surface area contributed by atoms with Gasteiger partial charge in [-0.1, -0.05) is 12.2 Å². The summed E-state index contributed by atoms with van der Waals surface area (Å²) in [6.07, 6.45) is 16.1. The Kier molecular flexibility index (Phi) is 5.36. The predicted molar refractivity (Wildman–Crippen MR) is 79.2 cm³/mol. The average Bonchev–Trinajstić information content (AvgIpc) is 2.41. The average molecular weight is 244 g/mol. The summed E-state index contributed by atoms with van der Waals surface area (Å²) < 4.78 is 0. The first kappa shape index (κ1) is 13.7. The van der Waals surface area contributed by atoms with Gasteiger partial charge in [0.15, 0.2) is 0 Å². The molecule has 0 aliphatic heterocycles. The maximum Gasteiger partial charge on any atom is 0.0203 e. The molecule has 0 N–H and O–H groups in total. The summed E-state index contributed by atoms with van der Waals surface area (Å²) in [7, 11) is 0. The van der Waals surface area contributed by atoms with Crippen LogP contribution in [-0.2, 0) is 0 Å². The van der Waals surface area contributed by atoms with Crippen molar-refractivity contribution in [1.82, 2.24) is 0 Å². The molecule has 100 valence electrons. The van der Waals surface area contributed by atoms with E-state index in [4.69, 9.17) is 0 Å². The molecule has 0 aromatic heterocycles. The molecule has 0 heterocycles. The highest BCUT2D eigenvalue weighted by molar-refractivity contribution is 5.02. The maximum absolute atomic E-state index is 3.37. The Labute approximate surface area is 113 Å². The minimum absolute atomic E-state index is 0.714. The van der Waals surface area contributed by atoms with Gasteiger partial charge < -0.3 is 0 Å². The molecule has 2 saturated carbocycles. The molecule has 0 atom stereocenters. The third kappa shape index (κ3) is 3.64. The zero-order valence-corrected chi connectivity index (χ0v) is 12.1. The van der Waals surface area contributed by atoms with E-state index in [2.05, 4.69) is 30.9 Å². The molecule has 0 aromatic carbocycles. The topological polar surface area (TPSA) is 0 Å². The van der Waals surface area contributed by atoms with Crippen LogP contribution in [0.2, 0.25) is 0 Å². The molecule has 0 unspecified atom stereocenters. The molecule has 0 heteroatoms. The normalized spacial score (nSPS) is 37.2. The second kappa shape index (κ2) is 7.03. The van der Waals surface area contributed by atoms with Crippen LogP contribution < -0.4 is 0 Å². The first-order valence-electron chi connectivity index (χ1n) is 7.88. The van der Waals surface area contributed by atoms with Crippen molar-refractivity contribution in [2.24, 2.45) is 23.7 Å². The van der Waals surface area contributed by atoms with Gasteiger partial charge in [-0.05, 0) is 83.0 Å². The molecule has 2 aliphatic rings. The Morgan fingerprint density at radius 1 is 0.833 bits per heavy atom. The van der Waals surface area contributed by atoms with Gasteiger partial charge in [0.05, 0.1) is 0 Å². The van der Waals surface area contributed by atoms with Gasteiger partial charge in [-0.3, -0.25) is 0 Å². The second-order valence-corrected chi connectivity index (χ2v) is 6.21. The highest BCUT2D eigenvalue weighted by Gasteiger charge is 2.29. The summed E-state index contributed by atoms with van der Waals surface area (Å²) in [5, 5.41) is 0. The Morgan fingerprint density at radius 3 is 1.89 bits per heavy atom. The molecular weight excluding hydrogens is 216 g/mol. The van der Waals surface area contributed by atoms with Gasteiger partial charge in [-0.25, -0.2) is 0 Å². The summed E-state index contributed by atoms with van der Waals surface area (Å²) in [6.45, 7) is 4.14. The fourth-order valence-electron chi connectivity index (χ4n) is 4.02. The molecule has 18 heavy (non-hydrogen) atoms. The van der Waals surface area contributed by atoms with E-state index in [0.29, 0.717) is 5.92 Å². The van der Waals surface area contributed by atoms with Crippen LogP contribution >= 0.6 is 0 Å². The molecule has 0 spiro atoms. The van der Waals surface area contributed by atoms with Crippen LogP contribution in [0.15, 0.2) is 12.2 Å². The third-order valence-corrected chi connectivity index (χ3v) is 5.07. The third-order valence-electron chi connectivity index (χ3n) is 5.07. The highest BCUT2D eigenvalue weighted by atomic mass is 14.3. The summed E-state index contributed by atoms with van der Waals surface area (Å²) in [4.78, 5) is 0. The molecule has 0 saturated heterocycles. The zero-order chi connectivity index (χ0) is 12.8. The van der Waals surface area contributed by atoms with Crippen LogP contribution in [0.3, 0.4) is 0 Å². The molecule has 0 amide bonds. The van der Waals surface area contributed by atoms with Gasteiger partial charge in [0, 0.05) is 5.92 Å². The summed E-state index contributed by atoms with van der Waals surface area (Å²) >= 11 is 0. The van der Waals surface area contributed by atoms with Gasteiger partial charge in [0.2, 0.25) is 0 Å². The van der Waals surface area contributed by atoms with Crippen molar-refractivity contribution in [1.29, 1.82) is 0 Å². The SMILES string of the molecule is CC#CC1CCC(C2CCC(/C=C/C)CC2)CC1. The smallest absolute Gasteiger partial charge is 0.0203 e. The van der Waals surface area contributed by atoms with Crippen LogP contribution in [-0.4, -0.2) is 0 Å². The Morgan fingerprint density at radius 2 is 1.39 bits per heavy atom. The number of hydrogen-bond acceptors (Lipinski definition) is 0. The van der Waals surface area contributed by atoms with Gasteiger partial charge in [0.1, 0.15) is 0 Å². The number of rotatable bonds is 2. The molecule has 2 fully saturated rings. The van der Waals surface area contributed by atoms with Gasteiger partial charge in [-0.15, -0.1) is 11.8 Å². The van der Waals surface area contributed by atoms with Crippen LogP contribution in [0, 0.1) is 35.5 Å². The minimum Gasteiger partial charge on any atom is -0.106 e. The van der Waals surface area contributed by atoms with Crippen LogP contribution in [0.25, 0.3) is 0 Å². The summed E-state index contributed by atoms with van der Waals surface area (Å²) in [6, 6.07) is 0. The predicted octanol–water partition coefficient (Wildman–Crippen LogP) is 5.20. The van der Waals surface area contributed by atoms with Crippen LogP contribution in [0.4, 0.5) is 0 Å². The largest absolute Gasteiger partial charge is 0.106 e. The summed E-state index contributed by atoms with van der Waals surface area (Å²) in [5.74, 6) is 10.1. The lowest BCUT2D eigenvalue weighted by molar-refractivity contribution is 0.168. The number of hydrogen-bond donors (Lipinski definition) is 0. The monoisotopic (exact) mass is 244 g/mol.